The fourth-order valence-electron chi connectivity index (χ4n) is 3.36. The minimum Gasteiger partial charge on any atom is -0.496 e. The molecule has 0 aromatic heterocycles. The Morgan fingerprint density at radius 2 is 1.96 bits per heavy atom. The molecule has 2 N–H and O–H groups in total. The molecule has 1 aliphatic rings. The van der Waals surface area contributed by atoms with Crippen LogP contribution in [0.25, 0.3) is 0 Å². The molecule has 6 nitrogen and oxygen atoms in total. The molecular weight excluding hydrogens is 467 g/mol. The molecule has 0 saturated carbocycles. The van der Waals surface area contributed by atoms with Gasteiger partial charge in [0, 0.05) is 31.2 Å². The van der Waals surface area contributed by atoms with Crippen molar-refractivity contribution in [1.29, 1.82) is 0 Å². The molecule has 1 aromatic carbocycles. The average Bonchev–Trinajstić information content (AvgIpc) is 2.70. The number of hydrogen-bond acceptors (Lipinski definition) is 4. The zero-order chi connectivity index (χ0) is 19.3. The van der Waals surface area contributed by atoms with E-state index in [2.05, 4.69) is 34.4 Å². The Labute approximate surface area is 187 Å². The van der Waals surface area contributed by atoms with Crippen molar-refractivity contribution in [3.63, 3.8) is 0 Å². The zero-order valence-corrected chi connectivity index (χ0v) is 19.9. The van der Waals surface area contributed by atoms with Gasteiger partial charge in [0.25, 0.3) is 0 Å². The lowest BCUT2D eigenvalue weighted by molar-refractivity contribution is 0.126. The highest BCUT2D eigenvalue weighted by Gasteiger charge is 2.19. The lowest BCUT2D eigenvalue weighted by atomic mass is 10.1. The quantitative estimate of drug-likeness (QED) is 0.222. The van der Waals surface area contributed by atoms with Gasteiger partial charge in [0.1, 0.15) is 5.75 Å². The summed E-state index contributed by atoms with van der Waals surface area (Å²) in [7, 11) is 1.68. The normalized spacial score (nSPS) is 15.8. The van der Waals surface area contributed by atoms with Gasteiger partial charge in [-0.15, -0.1) is 24.0 Å². The van der Waals surface area contributed by atoms with E-state index in [1.807, 2.05) is 24.3 Å². The number of likely N-dealkylation sites (tertiary alicyclic amines) is 1. The second-order valence-electron chi connectivity index (χ2n) is 6.89. The predicted octanol–water partition coefficient (Wildman–Crippen LogP) is 3.26. The first-order chi connectivity index (χ1) is 13.3. The number of aliphatic imine (C=N–C) groups is 1. The van der Waals surface area contributed by atoms with Crippen LogP contribution in [-0.2, 0) is 11.3 Å². The van der Waals surface area contributed by atoms with Crippen LogP contribution in [0.1, 0.15) is 38.7 Å². The van der Waals surface area contributed by atoms with Gasteiger partial charge in [-0.3, -0.25) is 4.99 Å². The van der Waals surface area contributed by atoms with Crippen LogP contribution in [0, 0.1) is 0 Å². The number of nitrogens with one attached hydrogen (secondary N) is 2. The average molecular weight is 504 g/mol. The molecule has 7 heteroatoms. The van der Waals surface area contributed by atoms with E-state index in [1.54, 1.807) is 7.11 Å². The van der Waals surface area contributed by atoms with Crippen molar-refractivity contribution in [1.82, 2.24) is 15.5 Å². The van der Waals surface area contributed by atoms with Crippen LogP contribution in [0.5, 0.6) is 5.75 Å². The Bertz CT molecular complexity index is 563. The van der Waals surface area contributed by atoms with Crippen LogP contribution in [0.2, 0.25) is 0 Å². The molecule has 1 aliphatic heterocycles. The van der Waals surface area contributed by atoms with Crippen molar-refractivity contribution in [3.05, 3.63) is 29.8 Å². The lowest BCUT2D eigenvalue weighted by Gasteiger charge is -2.32. The number of hydrogen-bond donors (Lipinski definition) is 2. The molecule has 2 rings (SSSR count). The molecule has 0 amide bonds. The van der Waals surface area contributed by atoms with E-state index in [0.717, 1.165) is 23.8 Å². The summed E-state index contributed by atoms with van der Waals surface area (Å²) < 4.78 is 11.1. The summed E-state index contributed by atoms with van der Waals surface area (Å²) in [5.74, 6) is 1.76. The molecule has 1 heterocycles. The Balaban J connectivity index is 0.00000392. The summed E-state index contributed by atoms with van der Waals surface area (Å²) in [4.78, 5) is 7.21. The number of nitrogens with zero attached hydrogens (tertiary/aromatic N) is 2. The largest absolute Gasteiger partial charge is 0.496 e. The molecule has 0 spiro atoms. The van der Waals surface area contributed by atoms with E-state index in [4.69, 9.17) is 9.47 Å². The van der Waals surface area contributed by atoms with E-state index < -0.39 is 0 Å². The number of para-hydroxylation sites is 1. The van der Waals surface area contributed by atoms with Crippen LogP contribution in [-0.4, -0.2) is 63.3 Å². The molecule has 1 fully saturated rings. The van der Waals surface area contributed by atoms with Gasteiger partial charge in [0.15, 0.2) is 5.96 Å². The van der Waals surface area contributed by atoms with Crippen molar-refractivity contribution in [2.24, 2.45) is 4.99 Å². The number of guanidine groups is 1. The molecule has 0 atom stereocenters. The van der Waals surface area contributed by atoms with Crippen LogP contribution < -0.4 is 15.4 Å². The monoisotopic (exact) mass is 504 g/mol. The van der Waals surface area contributed by atoms with E-state index in [-0.39, 0.29) is 24.0 Å². The van der Waals surface area contributed by atoms with Crippen LogP contribution in [0.15, 0.2) is 29.3 Å². The number of methoxy groups -OCH3 is 1. The number of halogens is 1. The van der Waals surface area contributed by atoms with E-state index in [0.29, 0.717) is 25.8 Å². The molecule has 28 heavy (non-hydrogen) atoms. The number of benzene rings is 1. The Morgan fingerprint density at radius 1 is 1.21 bits per heavy atom. The Hall–Kier alpha value is -1.06. The summed E-state index contributed by atoms with van der Waals surface area (Å²) in [6.07, 6.45) is 3.58. The topological polar surface area (TPSA) is 58.1 Å². The van der Waals surface area contributed by atoms with Crippen LogP contribution >= 0.6 is 24.0 Å². The van der Waals surface area contributed by atoms with Gasteiger partial charge in [0.2, 0.25) is 0 Å². The molecule has 1 aromatic rings. The summed E-state index contributed by atoms with van der Waals surface area (Å²) in [5, 5.41) is 6.93. The van der Waals surface area contributed by atoms with Gasteiger partial charge in [-0.25, -0.2) is 0 Å². The van der Waals surface area contributed by atoms with Crippen molar-refractivity contribution >= 4 is 29.9 Å². The van der Waals surface area contributed by atoms with Gasteiger partial charge < -0.3 is 25.0 Å². The van der Waals surface area contributed by atoms with Gasteiger partial charge in [-0.05, 0) is 38.8 Å². The predicted molar refractivity (Wildman–Crippen MR) is 127 cm³/mol. The van der Waals surface area contributed by atoms with Gasteiger partial charge in [-0.2, -0.15) is 0 Å². The van der Waals surface area contributed by atoms with Crippen molar-refractivity contribution in [2.75, 3.05) is 46.4 Å². The third-order valence-electron chi connectivity index (χ3n) is 4.77. The maximum absolute atomic E-state index is 5.77. The highest BCUT2D eigenvalue weighted by atomic mass is 127. The first-order valence-electron chi connectivity index (χ1n) is 10.2. The molecular formula is C21H37IN4O2. The molecule has 0 radical (unpaired) electrons. The highest BCUT2D eigenvalue weighted by molar-refractivity contribution is 14.0. The van der Waals surface area contributed by atoms with Crippen LogP contribution in [0.3, 0.4) is 0 Å². The van der Waals surface area contributed by atoms with Crippen LogP contribution in [0.4, 0.5) is 0 Å². The second-order valence-corrected chi connectivity index (χ2v) is 6.89. The number of piperidine rings is 1. The maximum Gasteiger partial charge on any atom is 0.191 e. The zero-order valence-electron chi connectivity index (χ0n) is 17.6. The molecule has 0 unspecified atom stereocenters. The lowest BCUT2D eigenvalue weighted by Crippen LogP contribution is -2.48. The van der Waals surface area contributed by atoms with E-state index >= 15 is 0 Å². The second kappa shape index (κ2) is 14.9. The first kappa shape index (κ1) is 25.0. The third-order valence-corrected chi connectivity index (χ3v) is 4.77. The van der Waals surface area contributed by atoms with E-state index in [1.165, 1.54) is 38.9 Å². The van der Waals surface area contributed by atoms with Gasteiger partial charge in [0.05, 0.1) is 26.9 Å². The molecule has 1 saturated heterocycles. The van der Waals surface area contributed by atoms with Gasteiger partial charge >= 0.3 is 0 Å². The highest BCUT2D eigenvalue weighted by Crippen LogP contribution is 2.17. The van der Waals surface area contributed by atoms with Gasteiger partial charge in [-0.1, -0.05) is 25.1 Å². The number of rotatable bonds is 10. The maximum atomic E-state index is 5.77. The summed E-state index contributed by atoms with van der Waals surface area (Å²) >= 11 is 0. The third kappa shape index (κ3) is 8.96. The smallest absolute Gasteiger partial charge is 0.191 e. The standard InChI is InChI=1S/C21H36N4O2.HI/c1-4-13-25-14-10-19(11-15-25)24-21(22-5-2)23-12-16-27-17-18-8-6-7-9-20(18)26-3;/h6-9,19H,4-5,10-17H2,1-3H3,(H2,22,23,24);1H. The minimum absolute atomic E-state index is 0. The molecule has 0 aliphatic carbocycles. The Kier molecular flexibility index (Phi) is 13.3. The van der Waals surface area contributed by atoms with Crippen molar-refractivity contribution in [3.8, 4) is 5.75 Å². The fourth-order valence-corrected chi connectivity index (χ4v) is 3.36. The Morgan fingerprint density at radius 3 is 2.64 bits per heavy atom. The minimum atomic E-state index is 0. The molecule has 0 bridgehead atoms. The summed E-state index contributed by atoms with van der Waals surface area (Å²) in [6.45, 7) is 10.5. The van der Waals surface area contributed by atoms with Crippen molar-refractivity contribution < 1.29 is 9.47 Å². The molecule has 160 valence electrons. The van der Waals surface area contributed by atoms with Crippen molar-refractivity contribution in [2.45, 2.75) is 45.8 Å². The first-order valence-corrected chi connectivity index (χ1v) is 10.2. The van der Waals surface area contributed by atoms with E-state index in [9.17, 15) is 0 Å². The number of ether oxygens (including phenoxy) is 2. The summed E-state index contributed by atoms with van der Waals surface area (Å²) in [5.41, 5.74) is 1.06. The fraction of sp³-hybridized carbons (Fsp3) is 0.667. The SMILES string of the molecule is CCCN1CCC(NC(=NCCOCc2ccccc2OC)NCC)CC1.I. The summed E-state index contributed by atoms with van der Waals surface area (Å²) in [6, 6.07) is 8.45.